The number of aromatic carboxylic acids is 1. The van der Waals surface area contributed by atoms with Gasteiger partial charge in [-0.3, -0.25) is 4.79 Å². The van der Waals surface area contributed by atoms with E-state index in [1.54, 1.807) is 9.58 Å². The predicted octanol–water partition coefficient (Wildman–Crippen LogP) is 0.529. The molecule has 0 radical (unpaired) electrons. The van der Waals surface area contributed by atoms with E-state index in [-0.39, 0.29) is 17.7 Å². The molecule has 9 nitrogen and oxygen atoms in total. The molecule has 2 aromatic rings. The summed E-state index contributed by atoms with van der Waals surface area (Å²) in [4.78, 5) is 33.3. The van der Waals surface area contributed by atoms with Crippen LogP contribution in [0.3, 0.4) is 0 Å². The highest BCUT2D eigenvalue weighted by Gasteiger charge is 2.26. The second-order valence-electron chi connectivity index (χ2n) is 5.87. The normalized spacial score (nSPS) is 17.5. The molecule has 3 rings (SSSR count). The zero-order valence-electron chi connectivity index (χ0n) is 14.0. The number of aromatic nitrogens is 4. The number of ether oxygens (including phenoxy) is 1. The summed E-state index contributed by atoms with van der Waals surface area (Å²) in [6, 6.07) is 2.81. The first-order valence-electron chi connectivity index (χ1n) is 7.92. The molecule has 132 valence electrons. The number of amides is 1. The molecule has 1 fully saturated rings. The van der Waals surface area contributed by atoms with Gasteiger partial charge in [-0.05, 0) is 26.0 Å². The second-order valence-corrected chi connectivity index (χ2v) is 5.87. The molecule has 0 spiro atoms. The standard InChI is InChI=1S/C16H19N5O4/c1-10-18-11(2)21(19-10)9-13-8-20(5-6-25-13)15(22)12-3-4-17-14(7-12)16(23)24/h3-4,7,13H,5-6,8-9H2,1-2H3,(H,23,24). The minimum absolute atomic E-state index is 0.149. The number of rotatable bonds is 4. The first-order chi connectivity index (χ1) is 11.9. The number of aryl methyl sites for hydroxylation is 2. The SMILES string of the molecule is Cc1nc(C)n(CC2CN(C(=O)c3ccnc(C(=O)O)c3)CCO2)n1. The van der Waals surface area contributed by atoms with E-state index < -0.39 is 5.97 Å². The van der Waals surface area contributed by atoms with Gasteiger partial charge in [0.15, 0.2) is 0 Å². The molecule has 0 bridgehead atoms. The highest BCUT2D eigenvalue weighted by Crippen LogP contribution is 2.13. The topological polar surface area (TPSA) is 110 Å². The third-order valence-electron chi connectivity index (χ3n) is 3.99. The van der Waals surface area contributed by atoms with Crippen LogP contribution in [0.4, 0.5) is 0 Å². The van der Waals surface area contributed by atoms with E-state index in [1.807, 2.05) is 13.8 Å². The van der Waals surface area contributed by atoms with Gasteiger partial charge in [-0.2, -0.15) is 5.10 Å². The Bertz CT molecular complexity index is 804. The lowest BCUT2D eigenvalue weighted by Gasteiger charge is -2.33. The van der Waals surface area contributed by atoms with Gasteiger partial charge in [0.25, 0.3) is 5.91 Å². The number of carboxylic acid groups (broad SMARTS) is 1. The van der Waals surface area contributed by atoms with Crippen LogP contribution in [-0.2, 0) is 11.3 Å². The number of hydrogen-bond acceptors (Lipinski definition) is 6. The lowest BCUT2D eigenvalue weighted by atomic mass is 10.1. The monoisotopic (exact) mass is 345 g/mol. The van der Waals surface area contributed by atoms with Crippen molar-refractivity contribution in [2.45, 2.75) is 26.5 Å². The summed E-state index contributed by atoms with van der Waals surface area (Å²) in [5.74, 6) is 0.0974. The summed E-state index contributed by atoms with van der Waals surface area (Å²) < 4.78 is 7.50. The van der Waals surface area contributed by atoms with E-state index >= 15 is 0 Å². The molecule has 3 heterocycles. The lowest BCUT2D eigenvalue weighted by molar-refractivity contribution is -0.0303. The average molecular weight is 345 g/mol. The Morgan fingerprint density at radius 2 is 2.20 bits per heavy atom. The van der Waals surface area contributed by atoms with Crippen LogP contribution in [0, 0.1) is 13.8 Å². The second kappa shape index (κ2) is 6.98. The van der Waals surface area contributed by atoms with Crippen molar-refractivity contribution in [2.24, 2.45) is 0 Å². The minimum atomic E-state index is -1.16. The summed E-state index contributed by atoms with van der Waals surface area (Å²) in [6.07, 6.45) is 1.13. The van der Waals surface area contributed by atoms with Crippen LogP contribution in [-0.4, -0.2) is 67.4 Å². The molecule has 1 aliphatic rings. The van der Waals surface area contributed by atoms with Gasteiger partial charge in [0.2, 0.25) is 0 Å². The Morgan fingerprint density at radius 3 is 2.88 bits per heavy atom. The molecule has 1 aliphatic heterocycles. The number of hydrogen-bond donors (Lipinski definition) is 1. The van der Waals surface area contributed by atoms with Gasteiger partial charge < -0.3 is 14.7 Å². The summed E-state index contributed by atoms with van der Waals surface area (Å²) in [7, 11) is 0. The van der Waals surface area contributed by atoms with Gasteiger partial charge in [-0.1, -0.05) is 0 Å². The zero-order valence-corrected chi connectivity index (χ0v) is 14.0. The van der Waals surface area contributed by atoms with Gasteiger partial charge >= 0.3 is 5.97 Å². The van der Waals surface area contributed by atoms with E-state index in [1.165, 1.54) is 18.3 Å². The number of nitrogens with zero attached hydrogens (tertiary/aromatic N) is 5. The summed E-state index contributed by atoms with van der Waals surface area (Å²) >= 11 is 0. The number of pyridine rings is 1. The lowest BCUT2D eigenvalue weighted by Crippen LogP contribution is -2.47. The highest BCUT2D eigenvalue weighted by molar-refractivity contribution is 5.96. The van der Waals surface area contributed by atoms with E-state index in [2.05, 4.69) is 15.1 Å². The van der Waals surface area contributed by atoms with Crippen molar-refractivity contribution >= 4 is 11.9 Å². The van der Waals surface area contributed by atoms with Crippen LogP contribution >= 0.6 is 0 Å². The molecule has 0 aliphatic carbocycles. The molecule has 0 saturated carbocycles. The van der Waals surface area contributed by atoms with Gasteiger partial charge in [0.1, 0.15) is 17.3 Å². The maximum absolute atomic E-state index is 12.7. The molecule has 0 aromatic carbocycles. The first-order valence-corrected chi connectivity index (χ1v) is 7.92. The Hall–Kier alpha value is -2.81. The fourth-order valence-corrected chi connectivity index (χ4v) is 2.80. The van der Waals surface area contributed by atoms with E-state index in [0.29, 0.717) is 37.6 Å². The Morgan fingerprint density at radius 1 is 1.40 bits per heavy atom. The number of carboxylic acids is 1. The fourth-order valence-electron chi connectivity index (χ4n) is 2.80. The van der Waals surface area contributed by atoms with Crippen molar-refractivity contribution < 1.29 is 19.4 Å². The maximum atomic E-state index is 12.7. The third kappa shape index (κ3) is 3.82. The van der Waals surface area contributed by atoms with Crippen molar-refractivity contribution in [3.05, 3.63) is 41.2 Å². The molecule has 2 aromatic heterocycles. The van der Waals surface area contributed by atoms with Crippen LogP contribution in [0.5, 0.6) is 0 Å². The predicted molar refractivity (Wildman–Crippen MR) is 86.3 cm³/mol. The van der Waals surface area contributed by atoms with Gasteiger partial charge in [-0.15, -0.1) is 0 Å². The zero-order chi connectivity index (χ0) is 18.0. The molecule has 1 unspecified atom stereocenters. The van der Waals surface area contributed by atoms with Crippen LogP contribution in [0.2, 0.25) is 0 Å². The molecule has 1 amide bonds. The van der Waals surface area contributed by atoms with Crippen molar-refractivity contribution in [1.82, 2.24) is 24.6 Å². The molecule has 9 heteroatoms. The smallest absolute Gasteiger partial charge is 0.354 e. The Kier molecular flexibility index (Phi) is 4.75. The average Bonchev–Trinajstić information content (AvgIpc) is 2.91. The molecule has 1 atom stereocenters. The fraction of sp³-hybridized carbons (Fsp3) is 0.438. The highest BCUT2D eigenvalue weighted by atomic mass is 16.5. The maximum Gasteiger partial charge on any atom is 0.354 e. The van der Waals surface area contributed by atoms with Crippen molar-refractivity contribution in [2.75, 3.05) is 19.7 Å². The summed E-state index contributed by atoms with van der Waals surface area (Å²) in [6.45, 7) is 5.48. The summed E-state index contributed by atoms with van der Waals surface area (Å²) in [5, 5.41) is 13.3. The Balaban J connectivity index is 1.70. The minimum Gasteiger partial charge on any atom is -0.477 e. The molecular formula is C16H19N5O4. The van der Waals surface area contributed by atoms with E-state index in [4.69, 9.17) is 9.84 Å². The van der Waals surface area contributed by atoms with Crippen molar-refractivity contribution in [3.8, 4) is 0 Å². The van der Waals surface area contributed by atoms with Crippen LogP contribution in [0.25, 0.3) is 0 Å². The first kappa shape index (κ1) is 17.0. The molecule has 25 heavy (non-hydrogen) atoms. The van der Waals surface area contributed by atoms with Gasteiger partial charge in [0.05, 0.1) is 19.3 Å². The summed E-state index contributed by atoms with van der Waals surface area (Å²) in [5.41, 5.74) is 0.158. The quantitative estimate of drug-likeness (QED) is 0.860. The molecule has 1 saturated heterocycles. The van der Waals surface area contributed by atoms with Crippen molar-refractivity contribution in [1.29, 1.82) is 0 Å². The van der Waals surface area contributed by atoms with Crippen molar-refractivity contribution in [3.63, 3.8) is 0 Å². The van der Waals surface area contributed by atoms with Crippen LogP contribution in [0.1, 0.15) is 32.5 Å². The molecule has 1 N–H and O–H groups in total. The molecular weight excluding hydrogens is 326 g/mol. The van der Waals surface area contributed by atoms with E-state index in [0.717, 1.165) is 5.82 Å². The largest absolute Gasteiger partial charge is 0.477 e. The van der Waals surface area contributed by atoms with Gasteiger partial charge in [0, 0.05) is 24.8 Å². The van der Waals surface area contributed by atoms with Crippen LogP contribution < -0.4 is 0 Å². The third-order valence-corrected chi connectivity index (χ3v) is 3.99. The van der Waals surface area contributed by atoms with E-state index in [9.17, 15) is 9.59 Å². The number of carbonyl (C=O) groups excluding carboxylic acids is 1. The van der Waals surface area contributed by atoms with Crippen LogP contribution in [0.15, 0.2) is 18.3 Å². The number of carbonyl (C=O) groups is 2. The van der Waals surface area contributed by atoms with Gasteiger partial charge in [-0.25, -0.2) is 19.4 Å². The number of morpholine rings is 1. The Labute approximate surface area is 144 Å².